The molecule has 0 amide bonds. The molecule has 0 radical (unpaired) electrons. The van der Waals surface area contributed by atoms with Crippen molar-refractivity contribution in [3.05, 3.63) is 11.6 Å². The quantitative estimate of drug-likeness (QED) is 0.451. The fourth-order valence-electron chi connectivity index (χ4n) is 2.27. The molecule has 0 N–H and O–H groups in total. The Morgan fingerprint density at radius 3 is 2.77 bits per heavy atom. The topological polar surface area (TPSA) is 43.4 Å². The number of fused-ring (bicyclic) bond motifs is 2. The van der Waals surface area contributed by atoms with Crippen LogP contribution in [0.4, 0.5) is 0 Å². The van der Waals surface area contributed by atoms with Crippen molar-refractivity contribution in [2.75, 3.05) is 0 Å². The number of ether oxygens (including phenoxy) is 1. The van der Waals surface area contributed by atoms with Crippen LogP contribution >= 0.6 is 0 Å². The normalized spacial score (nSPS) is 32.1. The molecule has 0 saturated carbocycles. The molecule has 3 nitrogen and oxygen atoms in total. The molecule has 0 spiro atoms. The zero-order valence-corrected chi connectivity index (χ0v) is 7.74. The summed E-state index contributed by atoms with van der Waals surface area (Å²) in [6.07, 6.45) is 2.52. The van der Waals surface area contributed by atoms with Gasteiger partial charge in [0, 0.05) is 11.5 Å². The first-order valence-corrected chi connectivity index (χ1v) is 4.57. The number of carbonyl (C=O) groups excluding carboxylic acids is 2. The van der Waals surface area contributed by atoms with Gasteiger partial charge in [-0.15, -0.1) is 0 Å². The van der Waals surface area contributed by atoms with E-state index in [0.29, 0.717) is 17.9 Å². The first-order valence-electron chi connectivity index (χ1n) is 4.57. The first-order chi connectivity index (χ1) is 6.11. The molecule has 1 saturated heterocycles. The second-order valence-electron chi connectivity index (χ2n) is 3.98. The van der Waals surface area contributed by atoms with Crippen LogP contribution in [0.5, 0.6) is 0 Å². The predicted octanol–water partition coefficient (Wildman–Crippen LogP) is 1.29. The van der Waals surface area contributed by atoms with E-state index < -0.39 is 5.97 Å². The smallest absolute Gasteiger partial charge is 0.341 e. The van der Waals surface area contributed by atoms with Gasteiger partial charge in [0.1, 0.15) is 0 Å². The number of hydrogen-bond donors (Lipinski definition) is 0. The highest BCUT2D eigenvalue weighted by molar-refractivity contribution is 6.02. The molecular formula is C10H12O3. The number of rotatable bonds is 1. The van der Waals surface area contributed by atoms with E-state index in [0.717, 1.165) is 0 Å². The average molecular weight is 180 g/mol. The van der Waals surface area contributed by atoms with Crippen LogP contribution in [0.2, 0.25) is 0 Å². The van der Waals surface area contributed by atoms with Crippen LogP contribution in [0.15, 0.2) is 11.6 Å². The predicted molar refractivity (Wildman–Crippen MR) is 45.6 cm³/mol. The van der Waals surface area contributed by atoms with Gasteiger partial charge in [-0.3, -0.25) is 4.79 Å². The Morgan fingerprint density at radius 1 is 1.46 bits per heavy atom. The van der Waals surface area contributed by atoms with Crippen LogP contribution in [0, 0.1) is 17.8 Å². The van der Waals surface area contributed by atoms with Gasteiger partial charge in [-0.25, -0.2) is 4.79 Å². The summed E-state index contributed by atoms with van der Waals surface area (Å²) in [5.74, 6) is -0.462. The van der Waals surface area contributed by atoms with Crippen molar-refractivity contribution in [2.24, 2.45) is 17.8 Å². The van der Waals surface area contributed by atoms with E-state index in [-0.39, 0.29) is 17.8 Å². The third-order valence-corrected chi connectivity index (χ3v) is 2.83. The molecule has 0 aromatic carbocycles. The van der Waals surface area contributed by atoms with Gasteiger partial charge in [0.2, 0.25) is 0 Å². The van der Waals surface area contributed by atoms with Gasteiger partial charge in [0.15, 0.2) is 0 Å². The molecule has 3 heteroatoms. The molecule has 0 aromatic heterocycles. The lowest BCUT2D eigenvalue weighted by molar-refractivity contribution is -0.165. The number of cyclic esters (lactones) is 2. The number of hydrogen-bond acceptors (Lipinski definition) is 3. The molecule has 0 aromatic rings. The summed E-state index contributed by atoms with van der Waals surface area (Å²) in [4.78, 5) is 22.6. The maximum atomic E-state index is 11.3. The minimum absolute atomic E-state index is 0.0914. The minimum atomic E-state index is -0.433. The SMILES string of the molecule is CC(C)C1C2=CCC1C(=O)OC2=O. The lowest BCUT2D eigenvalue weighted by atomic mass is 9.80. The van der Waals surface area contributed by atoms with Crippen molar-refractivity contribution >= 4 is 11.9 Å². The molecule has 13 heavy (non-hydrogen) atoms. The van der Waals surface area contributed by atoms with Gasteiger partial charge < -0.3 is 4.74 Å². The Kier molecular flexibility index (Phi) is 1.75. The number of allylic oxidation sites excluding steroid dienone is 1. The zero-order chi connectivity index (χ0) is 9.59. The van der Waals surface area contributed by atoms with Crippen LogP contribution < -0.4 is 0 Å². The largest absolute Gasteiger partial charge is 0.389 e. The fraction of sp³-hybridized carbons (Fsp3) is 0.600. The van der Waals surface area contributed by atoms with Crippen LogP contribution in [0.1, 0.15) is 20.3 Å². The van der Waals surface area contributed by atoms with Crippen molar-refractivity contribution in [3.63, 3.8) is 0 Å². The molecule has 2 atom stereocenters. The van der Waals surface area contributed by atoms with Gasteiger partial charge in [-0.05, 0) is 12.3 Å². The molecule has 70 valence electrons. The molecule has 2 rings (SSSR count). The molecule has 1 fully saturated rings. The fourth-order valence-corrected chi connectivity index (χ4v) is 2.27. The molecule has 1 heterocycles. The van der Waals surface area contributed by atoms with E-state index in [4.69, 9.17) is 0 Å². The van der Waals surface area contributed by atoms with Crippen LogP contribution in [0.3, 0.4) is 0 Å². The third-order valence-electron chi connectivity index (χ3n) is 2.83. The standard InChI is InChI=1S/C10H12O3/c1-5(2)8-6-3-4-7(8)10(12)13-9(6)11/h3,5,7-8H,4H2,1-2H3. The summed E-state index contributed by atoms with van der Waals surface area (Å²) in [6.45, 7) is 4.06. The van der Waals surface area contributed by atoms with Crippen molar-refractivity contribution in [1.29, 1.82) is 0 Å². The second kappa shape index (κ2) is 2.69. The number of carbonyl (C=O) groups is 2. The number of esters is 2. The Bertz CT molecular complexity index is 301. The van der Waals surface area contributed by atoms with Crippen molar-refractivity contribution in [3.8, 4) is 0 Å². The van der Waals surface area contributed by atoms with Gasteiger partial charge >= 0.3 is 11.9 Å². The van der Waals surface area contributed by atoms with Crippen LogP contribution in [-0.4, -0.2) is 11.9 Å². The van der Waals surface area contributed by atoms with Gasteiger partial charge in [-0.1, -0.05) is 19.9 Å². The minimum Gasteiger partial charge on any atom is -0.389 e. The van der Waals surface area contributed by atoms with E-state index in [2.05, 4.69) is 4.74 Å². The molecule has 2 aliphatic rings. The van der Waals surface area contributed by atoms with E-state index in [1.165, 1.54) is 0 Å². The molecule has 2 bridgehead atoms. The van der Waals surface area contributed by atoms with Crippen LogP contribution in [0.25, 0.3) is 0 Å². The van der Waals surface area contributed by atoms with Crippen molar-refractivity contribution in [1.82, 2.24) is 0 Å². The first kappa shape index (κ1) is 8.48. The maximum Gasteiger partial charge on any atom is 0.341 e. The summed E-state index contributed by atoms with van der Waals surface area (Å²) in [5.41, 5.74) is 0.708. The van der Waals surface area contributed by atoms with Gasteiger partial charge in [-0.2, -0.15) is 0 Å². The van der Waals surface area contributed by atoms with Gasteiger partial charge in [0.05, 0.1) is 5.92 Å². The summed E-state index contributed by atoms with van der Waals surface area (Å²) in [6, 6.07) is 0. The Labute approximate surface area is 76.8 Å². The highest BCUT2D eigenvalue weighted by Gasteiger charge is 2.46. The monoisotopic (exact) mass is 180 g/mol. The second-order valence-corrected chi connectivity index (χ2v) is 3.98. The van der Waals surface area contributed by atoms with Gasteiger partial charge in [0.25, 0.3) is 0 Å². The third kappa shape index (κ3) is 1.10. The average Bonchev–Trinajstić information content (AvgIpc) is 2.40. The molecule has 1 aliphatic carbocycles. The van der Waals surface area contributed by atoms with Crippen molar-refractivity contribution in [2.45, 2.75) is 20.3 Å². The van der Waals surface area contributed by atoms with E-state index in [9.17, 15) is 9.59 Å². The maximum absolute atomic E-state index is 11.3. The Morgan fingerprint density at radius 2 is 2.15 bits per heavy atom. The zero-order valence-electron chi connectivity index (χ0n) is 7.74. The molecule has 2 unspecified atom stereocenters. The Hall–Kier alpha value is -1.12. The summed E-state index contributed by atoms with van der Waals surface area (Å²) in [5, 5.41) is 0. The lowest BCUT2D eigenvalue weighted by Crippen LogP contribution is -2.36. The molecule has 1 aliphatic heterocycles. The Balaban J connectivity index is 2.36. The van der Waals surface area contributed by atoms with Crippen LogP contribution in [-0.2, 0) is 14.3 Å². The lowest BCUT2D eigenvalue weighted by Gasteiger charge is -2.27. The summed E-state index contributed by atoms with van der Waals surface area (Å²) in [7, 11) is 0. The van der Waals surface area contributed by atoms with E-state index in [1.807, 2.05) is 19.9 Å². The van der Waals surface area contributed by atoms with Crippen molar-refractivity contribution < 1.29 is 14.3 Å². The summed E-state index contributed by atoms with van der Waals surface area (Å²) < 4.78 is 4.61. The highest BCUT2D eigenvalue weighted by Crippen LogP contribution is 2.41. The summed E-state index contributed by atoms with van der Waals surface area (Å²) >= 11 is 0. The van der Waals surface area contributed by atoms with E-state index in [1.54, 1.807) is 0 Å². The highest BCUT2D eigenvalue weighted by atomic mass is 16.6. The van der Waals surface area contributed by atoms with E-state index >= 15 is 0 Å². The molecular weight excluding hydrogens is 168 g/mol.